The Morgan fingerprint density at radius 3 is 2.72 bits per heavy atom. The minimum atomic E-state index is -4.51. The molecule has 0 aliphatic carbocycles. The lowest BCUT2D eigenvalue weighted by molar-refractivity contribution is -0.137. The number of hydrogen-bond acceptors (Lipinski definition) is 3. The molecule has 1 amide bonds. The molecule has 0 fully saturated rings. The van der Waals surface area contributed by atoms with E-state index in [-0.39, 0.29) is 11.4 Å². The number of carbonyl (C=O) groups is 1. The second-order valence-electron chi connectivity index (χ2n) is 5.13. The van der Waals surface area contributed by atoms with Crippen LogP contribution in [0.2, 0.25) is 0 Å². The number of nitrogens with zero attached hydrogens (tertiary/aromatic N) is 1. The number of nitrogens with one attached hydrogen (secondary N) is 1. The Bertz CT molecular complexity index is 744. The van der Waals surface area contributed by atoms with Crippen LogP contribution in [0.4, 0.5) is 18.9 Å². The maximum atomic E-state index is 12.9. The summed E-state index contributed by atoms with van der Waals surface area (Å²) in [6.45, 7) is 2.20. The van der Waals surface area contributed by atoms with Crippen LogP contribution in [0.5, 0.6) is 5.75 Å². The number of benzene rings is 1. The van der Waals surface area contributed by atoms with E-state index in [1.54, 1.807) is 24.4 Å². The molecule has 0 aliphatic heterocycles. The van der Waals surface area contributed by atoms with Gasteiger partial charge in [-0.2, -0.15) is 13.2 Å². The van der Waals surface area contributed by atoms with Gasteiger partial charge in [-0.3, -0.25) is 9.78 Å². The van der Waals surface area contributed by atoms with Crippen molar-refractivity contribution in [2.24, 2.45) is 0 Å². The Kier molecular flexibility index (Phi) is 6.16. The number of rotatable bonds is 6. The minimum absolute atomic E-state index is 0.0288. The number of hydrogen-bond donors (Lipinski definition) is 1. The molecule has 0 bridgehead atoms. The van der Waals surface area contributed by atoms with Crippen LogP contribution in [0, 0.1) is 0 Å². The molecule has 1 heterocycles. The van der Waals surface area contributed by atoms with Crippen molar-refractivity contribution in [1.82, 2.24) is 4.98 Å². The summed E-state index contributed by atoms with van der Waals surface area (Å²) in [7, 11) is 0. The van der Waals surface area contributed by atoms with E-state index in [0.717, 1.165) is 12.1 Å². The van der Waals surface area contributed by atoms with E-state index in [0.29, 0.717) is 18.7 Å². The third-order valence-corrected chi connectivity index (χ3v) is 3.12. The van der Waals surface area contributed by atoms with Crippen molar-refractivity contribution in [3.8, 4) is 5.75 Å². The predicted molar refractivity (Wildman–Crippen MR) is 89.1 cm³/mol. The fourth-order valence-corrected chi connectivity index (χ4v) is 1.95. The lowest BCUT2D eigenvalue weighted by atomic mass is 10.1. The van der Waals surface area contributed by atoms with Gasteiger partial charge in [0, 0.05) is 12.3 Å². The van der Waals surface area contributed by atoms with Crippen molar-refractivity contribution in [3.63, 3.8) is 0 Å². The van der Waals surface area contributed by atoms with Gasteiger partial charge in [0.05, 0.1) is 23.6 Å². The van der Waals surface area contributed by atoms with Crippen LogP contribution in [0.1, 0.15) is 24.6 Å². The Morgan fingerprint density at radius 1 is 1.28 bits per heavy atom. The number of alkyl halides is 3. The maximum Gasteiger partial charge on any atom is 0.416 e. The Labute approximate surface area is 143 Å². The van der Waals surface area contributed by atoms with Crippen LogP contribution in [-0.4, -0.2) is 17.5 Å². The minimum Gasteiger partial charge on any atom is -0.491 e. The smallest absolute Gasteiger partial charge is 0.416 e. The summed E-state index contributed by atoms with van der Waals surface area (Å²) in [5.41, 5.74) is -0.330. The Hall–Kier alpha value is -2.83. The van der Waals surface area contributed by atoms with Gasteiger partial charge in [-0.15, -0.1) is 0 Å². The zero-order chi connectivity index (χ0) is 18.3. The molecule has 25 heavy (non-hydrogen) atoms. The van der Waals surface area contributed by atoms with Crippen LogP contribution in [-0.2, 0) is 11.0 Å². The van der Waals surface area contributed by atoms with E-state index in [1.807, 2.05) is 6.92 Å². The highest BCUT2D eigenvalue weighted by Crippen LogP contribution is 2.35. The van der Waals surface area contributed by atoms with Gasteiger partial charge >= 0.3 is 6.18 Å². The summed E-state index contributed by atoms with van der Waals surface area (Å²) in [6.07, 6.45) is 0.420. The zero-order valence-corrected chi connectivity index (χ0v) is 13.5. The van der Waals surface area contributed by atoms with Crippen LogP contribution < -0.4 is 10.1 Å². The molecule has 0 unspecified atom stereocenters. The molecule has 0 saturated heterocycles. The zero-order valence-electron chi connectivity index (χ0n) is 13.5. The second-order valence-corrected chi connectivity index (χ2v) is 5.13. The summed E-state index contributed by atoms with van der Waals surface area (Å²) in [5, 5.41) is 2.42. The SMILES string of the molecule is CCCOc1ccc(C(F)(F)F)cc1NC(=O)/C=C/c1ccccn1. The van der Waals surface area contributed by atoms with Crippen molar-refractivity contribution < 1.29 is 22.7 Å². The highest BCUT2D eigenvalue weighted by atomic mass is 19.4. The summed E-state index contributed by atoms with van der Waals surface area (Å²) < 4.78 is 44.0. The third-order valence-electron chi connectivity index (χ3n) is 3.12. The first kappa shape index (κ1) is 18.5. The molecule has 0 radical (unpaired) electrons. The van der Waals surface area contributed by atoms with Crippen molar-refractivity contribution in [2.75, 3.05) is 11.9 Å². The largest absolute Gasteiger partial charge is 0.491 e. The average Bonchev–Trinajstić information content (AvgIpc) is 2.59. The van der Waals surface area contributed by atoms with E-state index in [4.69, 9.17) is 4.74 Å². The molecule has 0 spiro atoms. The third kappa shape index (κ3) is 5.63. The summed E-state index contributed by atoms with van der Waals surface area (Å²) in [6, 6.07) is 8.17. The highest BCUT2D eigenvalue weighted by molar-refractivity contribution is 6.02. The molecule has 4 nitrogen and oxygen atoms in total. The molecular formula is C18H17F3N2O2. The van der Waals surface area contributed by atoms with Crippen molar-refractivity contribution in [2.45, 2.75) is 19.5 Å². The summed E-state index contributed by atoms with van der Waals surface area (Å²) >= 11 is 0. The Morgan fingerprint density at radius 2 is 2.08 bits per heavy atom. The summed E-state index contributed by atoms with van der Waals surface area (Å²) in [4.78, 5) is 16.0. The predicted octanol–water partition coefficient (Wildman–Crippen LogP) is 4.54. The van der Waals surface area contributed by atoms with Gasteiger partial charge in [-0.1, -0.05) is 13.0 Å². The van der Waals surface area contributed by atoms with Crippen LogP contribution in [0.15, 0.2) is 48.7 Å². The number of amides is 1. The van der Waals surface area contributed by atoms with Crippen molar-refractivity contribution in [3.05, 3.63) is 59.9 Å². The second kappa shape index (κ2) is 8.32. The first-order valence-electron chi connectivity index (χ1n) is 7.64. The average molecular weight is 350 g/mol. The number of ether oxygens (including phenoxy) is 1. The molecule has 1 aromatic carbocycles. The molecule has 132 valence electrons. The van der Waals surface area contributed by atoms with Gasteiger partial charge in [0.15, 0.2) is 0 Å². The van der Waals surface area contributed by atoms with E-state index in [2.05, 4.69) is 10.3 Å². The van der Waals surface area contributed by atoms with E-state index in [9.17, 15) is 18.0 Å². The van der Waals surface area contributed by atoms with Gasteiger partial charge in [0.2, 0.25) is 5.91 Å². The first-order valence-corrected chi connectivity index (χ1v) is 7.64. The number of anilines is 1. The van der Waals surface area contributed by atoms with Gasteiger partial charge in [0.25, 0.3) is 0 Å². The lowest BCUT2D eigenvalue weighted by Gasteiger charge is -2.14. The molecule has 1 N–H and O–H groups in total. The van der Waals surface area contributed by atoms with Gasteiger partial charge in [-0.05, 0) is 42.8 Å². The monoisotopic (exact) mass is 350 g/mol. The number of halogens is 3. The molecule has 7 heteroatoms. The quantitative estimate of drug-likeness (QED) is 0.778. The van der Waals surface area contributed by atoms with Crippen LogP contribution in [0.3, 0.4) is 0 Å². The molecule has 0 saturated carbocycles. The molecule has 1 aromatic heterocycles. The molecule has 0 atom stereocenters. The summed E-state index contributed by atoms with van der Waals surface area (Å²) in [5.74, 6) is -0.388. The van der Waals surface area contributed by atoms with Crippen molar-refractivity contribution in [1.29, 1.82) is 0 Å². The van der Waals surface area contributed by atoms with E-state index >= 15 is 0 Å². The van der Waals surface area contributed by atoms with E-state index < -0.39 is 17.6 Å². The van der Waals surface area contributed by atoms with Gasteiger partial charge in [0.1, 0.15) is 5.75 Å². The molecular weight excluding hydrogens is 333 g/mol. The van der Waals surface area contributed by atoms with Gasteiger partial charge < -0.3 is 10.1 Å². The van der Waals surface area contributed by atoms with Crippen LogP contribution in [0.25, 0.3) is 6.08 Å². The fraction of sp³-hybridized carbons (Fsp3) is 0.222. The molecule has 2 aromatic rings. The molecule has 2 rings (SSSR count). The Balaban J connectivity index is 2.19. The van der Waals surface area contributed by atoms with Gasteiger partial charge in [-0.25, -0.2) is 0 Å². The molecule has 0 aliphatic rings. The number of pyridine rings is 1. The van der Waals surface area contributed by atoms with Crippen LogP contribution >= 0.6 is 0 Å². The maximum absolute atomic E-state index is 12.9. The topological polar surface area (TPSA) is 51.2 Å². The number of aromatic nitrogens is 1. The first-order chi connectivity index (χ1) is 11.9. The number of carbonyl (C=O) groups excluding carboxylic acids is 1. The highest BCUT2D eigenvalue weighted by Gasteiger charge is 2.31. The lowest BCUT2D eigenvalue weighted by Crippen LogP contribution is -2.12. The fourth-order valence-electron chi connectivity index (χ4n) is 1.95. The standard InChI is InChI=1S/C18H17F3N2O2/c1-2-11-25-16-8-6-13(18(19,20)21)12-15(16)23-17(24)9-7-14-5-3-4-10-22-14/h3-10,12H,2,11H2,1H3,(H,23,24)/b9-7+. The normalized spacial score (nSPS) is 11.5. The van der Waals surface area contributed by atoms with E-state index in [1.165, 1.54) is 18.2 Å². The van der Waals surface area contributed by atoms with Crippen molar-refractivity contribution >= 4 is 17.7 Å².